The summed E-state index contributed by atoms with van der Waals surface area (Å²) in [5.41, 5.74) is 0.201. The number of aromatic nitrogens is 3. The first-order chi connectivity index (χ1) is 8.74. The van der Waals surface area contributed by atoms with Crippen LogP contribution in [0.4, 0.5) is 0 Å². The number of sulfonamides is 1. The molecule has 0 atom stereocenters. The van der Waals surface area contributed by atoms with Crippen molar-refractivity contribution in [3.05, 3.63) is 4.60 Å². The average molecular weight is 351 g/mol. The number of rotatable bonds is 2. The lowest BCUT2D eigenvalue weighted by molar-refractivity contribution is 0.314. The van der Waals surface area contributed by atoms with Gasteiger partial charge in [0.25, 0.3) is 10.0 Å². The molecular weight excluding hydrogens is 332 g/mol. The minimum absolute atomic E-state index is 0.132. The molecule has 0 N–H and O–H groups in total. The van der Waals surface area contributed by atoms with Gasteiger partial charge in [-0.2, -0.15) is 4.31 Å². The van der Waals surface area contributed by atoms with Gasteiger partial charge in [-0.05, 0) is 40.6 Å². The number of hydrogen-bond donors (Lipinski definition) is 0. The molecule has 19 heavy (non-hydrogen) atoms. The fraction of sp³-hybridized carbons (Fsp3) is 0.818. The minimum atomic E-state index is -3.53. The topological polar surface area (TPSA) is 68.1 Å². The van der Waals surface area contributed by atoms with Gasteiger partial charge in [0, 0.05) is 20.1 Å². The van der Waals surface area contributed by atoms with E-state index in [-0.39, 0.29) is 15.0 Å². The van der Waals surface area contributed by atoms with E-state index >= 15 is 0 Å². The minimum Gasteiger partial charge on any atom is -0.235 e. The van der Waals surface area contributed by atoms with Crippen LogP contribution in [0.2, 0.25) is 0 Å². The molecule has 0 bridgehead atoms. The van der Waals surface area contributed by atoms with E-state index in [4.69, 9.17) is 0 Å². The monoisotopic (exact) mass is 350 g/mol. The normalized spacial score (nSPS) is 21.3. The molecule has 0 unspecified atom stereocenters. The fourth-order valence-corrected chi connectivity index (χ4v) is 4.87. The number of nitrogens with zero attached hydrogens (tertiary/aromatic N) is 4. The molecule has 0 spiro atoms. The highest BCUT2D eigenvalue weighted by Crippen LogP contribution is 2.32. The number of aryl methyl sites for hydroxylation is 1. The van der Waals surface area contributed by atoms with Crippen molar-refractivity contribution in [2.24, 2.45) is 12.5 Å². The molecule has 1 aromatic heterocycles. The third-order valence-corrected chi connectivity index (χ3v) is 6.41. The predicted molar refractivity (Wildman–Crippen MR) is 75.1 cm³/mol. The Hall–Kier alpha value is -0.470. The zero-order chi connectivity index (χ0) is 14.3. The van der Waals surface area contributed by atoms with Gasteiger partial charge in [-0.3, -0.25) is 0 Å². The van der Waals surface area contributed by atoms with Crippen LogP contribution in [0, 0.1) is 5.41 Å². The van der Waals surface area contributed by atoms with E-state index in [0.29, 0.717) is 13.1 Å². The van der Waals surface area contributed by atoms with E-state index in [1.54, 1.807) is 11.4 Å². The first kappa shape index (κ1) is 14.9. The summed E-state index contributed by atoms with van der Waals surface area (Å²) in [6.07, 6.45) is 2.80. The molecule has 0 aromatic carbocycles. The van der Waals surface area contributed by atoms with E-state index in [1.807, 2.05) is 0 Å². The van der Waals surface area contributed by atoms with E-state index in [9.17, 15) is 8.42 Å². The third kappa shape index (κ3) is 3.00. The Bertz CT molecular complexity index is 548. The molecule has 8 heteroatoms. The van der Waals surface area contributed by atoms with Crippen molar-refractivity contribution < 1.29 is 8.42 Å². The average Bonchev–Trinajstić information content (AvgIpc) is 2.52. The second-order valence-corrected chi connectivity index (χ2v) is 8.34. The summed E-state index contributed by atoms with van der Waals surface area (Å²) in [5, 5.41) is 7.63. The maximum atomic E-state index is 12.6. The Morgan fingerprint density at radius 2 is 1.95 bits per heavy atom. The summed E-state index contributed by atoms with van der Waals surface area (Å²) in [4.78, 5) is 0. The molecule has 1 aromatic rings. The van der Waals surface area contributed by atoms with Crippen LogP contribution in [0.25, 0.3) is 0 Å². The van der Waals surface area contributed by atoms with Crippen molar-refractivity contribution >= 4 is 26.0 Å². The lowest BCUT2D eigenvalue weighted by atomic mass is 9.85. The Labute approximate surface area is 122 Å². The molecule has 2 heterocycles. The highest BCUT2D eigenvalue weighted by Gasteiger charge is 2.34. The summed E-state index contributed by atoms with van der Waals surface area (Å²) in [6.45, 7) is 5.48. The van der Waals surface area contributed by atoms with Crippen molar-refractivity contribution in [1.82, 2.24) is 19.3 Å². The summed E-state index contributed by atoms with van der Waals surface area (Å²) >= 11 is 3.16. The zero-order valence-corrected chi connectivity index (χ0v) is 13.8. The third-order valence-electron chi connectivity index (χ3n) is 3.62. The molecule has 0 saturated carbocycles. The van der Waals surface area contributed by atoms with Crippen LogP contribution in [0.5, 0.6) is 0 Å². The zero-order valence-electron chi connectivity index (χ0n) is 11.4. The van der Waals surface area contributed by atoms with Crippen molar-refractivity contribution in [2.75, 3.05) is 13.1 Å². The van der Waals surface area contributed by atoms with Gasteiger partial charge < -0.3 is 0 Å². The van der Waals surface area contributed by atoms with Gasteiger partial charge in [-0.1, -0.05) is 19.1 Å². The van der Waals surface area contributed by atoms with Crippen LogP contribution < -0.4 is 0 Å². The Morgan fingerprint density at radius 1 is 1.26 bits per heavy atom. The first-order valence-electron chi connectivity index (χ1n) is 6.29. The summed E-state index contributed by atoms with van der Waals surface area (Å²) < 4.78 is 28.4. The number of hydrogen-bond acceptors (Lipinski definition) is 4. The van der Waals surface area contributed by atoms with Gasteiger partial charge in [0.1, 0.15) is 0 Å². The molecule has 108 valence electrons. The van der Waals surface area contributed by atoms with Gasteiger partial charge in [0.15, 0.2) is 4.60 Å². The maximum absolute atomic E-state index is 12.6. The molecule has 1 aliphatic heterocycles. The van der Waals surface area contributed by atoms with Crippen LogP contribution in [0.1, 0.15) is 33.1 Å². The molecule has 1 saturated heterocycles. The summed E-state index contributed by atoms with van der Waals surface area (Å²) in [5.74, 6) is 0. The van der Waals surface area contributed by atoms with E-state index in [1.165, 1.54) is 4.68 Å². The predicted octanol–water partition coefficient (Wildman–Crippen LogP) is 1.78. The molecule has 1 fully saturated rings. The Kier molecular flexibility index (Phi) is 4.04. The maximum Gasteiger partial charge on any atom is 0.263 e. The van der Waals surface area contributed by atoms with E-state index in [2.05, 4.69) is 40.1 Å². The van der Waals surface area contributed by atoms with Crippen molar-refractivity contribution in [1.29, 1.82) is 0 Å². The molecule has 2 rings (SSSR count). The Balaban J connectivity index is 2.31. The SMILES string of the molecule is Cn1nnc(Br)c1S(=O)(=O)N1CCCC(C)(C)CC1. The van der Waals surface area contributed by atoms with Crippen LogP contribution >= 0.6 is 15.9 Å². The largest absolute Gasteiger partial charge is 0.263 e. The summed E-state index contributed by atoms with van der Waals surface area (Å²) in [6, 6.07) is 0. The fourth-order valence-electron chi connectivity index (χ4n) is 2.36. The standard InChI is InChI=1S/C11H19BrN4O2S/c1-11(2)5-4-7-16(8-6-11)19(17,18)10-9(12)13-14-15(10)3/h4-8H2,1-3H3. The van der Waals surface area contributed by atoms with Crippen LogP contribution in [0.15, 0.2) is 9.63 Å². The molecular formula is C11H19BrN4O2S. The molecule has 1 aliphatic rings. The molecule has 6 nitrogen and oxygen atoms in total. The lowest BCUT2D eigenvalue weighted by Gasteiger charge is -2.23. The van der Waals surface area contributed by atoms with Gasteiger partial charge in [0.2, 0.25) is 5.03 Å². The van der Waals surface area contributed by atoms with E-state index in [0.717, 1.165) is 19.3 Å². The number of halogens is 1. The molecule has 0 radical (unpaired) electrons. The van der Waals surface area contributed by atoms with Crippen molar-refractivity contribution in [3.63, 3.8) is 0 Å². The van der Waals surface area contributed by atoms with Gasteiger partial charge in [-0.25, -0.2) is 13.1 Å². The Morgan fingerprint density at radius 3 is 2.53 bits per heavy atom. The second kappa shape index (κ2) is 5.14. The van der Waals surface area contributed by atoms with E-state index < -0.39 is 10.0 Å². The first-order valence-corrected chi connectivity index (χ1v) is 8.53. The lowest BCUT2D eigenvalue weighted by Crippen LogP contribution is -2.33. The molecule has 0 amide bonds. The van der Waals surface area contributed by atoms with Crippen molar-refractivity contribution in [3.8, 4) is 0 Å². The molecule has 0 aliphatic carbocycles. The smallest absolute Gasteiger partial charge is 0.235 e. The summed E-state index contributed by atoms with van der Waals surface area (Å²) in [7, 11) is -1.94. The van der Waals surface area contributed by atoms with Gasteiger partial charge in [-0.15, -0.1) is 5.10 Å². The van der Waals surface area contributed by atoms with Crippen LogP contribution in [0.3, 0.4) is 0 Å². The van der Waals surface area contributed by atoms with Crippen LogP contribution in [-0.4, -0.2) is 40.8 Å². The van der Waals surface area contributed by atoms with Crippen LogP contribution in [-0.2, 0) is 17.1 Å². The highest BCUT2D eigenvalue weighted by molar-refractivity contribution is 9.10. The quantitative estimate of drug-likeness (QED) is 0.815. The highest BCUT2D eigenvalue weighted by atomic mass is 79.9. The van der Waals surface area contributed by atoms with Gasteiger partial charge in [0.05, 0.1) is 0 Å². The van der Waals surface area contributed by atoms with Gasteiger partial charge >= 0.3 is 0 Å². The second-order valence-electron chi connectivity index (χ2n) is 5.73. The van der Waals surface area contributed by atoms with Crippen molar-refractivity contribution in [2.45, 2.75) is 38.1 Å².